The second kappa shape index (κ2) is 5.36. The van der Waals surface area contributed by atoms with Gasteiger partial charge in [0.15, 0.2) is 0 Å². The van der Waals surface area contributed by atoms with Crippen LogP contribution in [0.25, 0.3) is 0 Å². The molecule has 0 bridgehead atoms. The zero-order valence-corrected chi connectivity index (χ0v) is 8.65. The largest absolute Gasteiger partial charge is 0.375 e. The fourth-order valence-electron chi connectivity index (χ4n) is 0.999. The summed E-state index contributed by atoms with van der Waals surface area (Å²) in [6, 6.07) is 0. The quantitative estimate of drug-likeness (QED) is 0.554. The zero-order valence-electron chi connectivity index (χ0n) is 8.65. The molecular weight excluding hydrogens is 148 g/mol. The maximum Gasteiger partial charge on any atom is 0.0626 e. The first-order chi connectivity index (χ1) is 5.48. The van der Waals surface area contributed by atoms with Crippen molar-refractivity contribution in [2.24, 2.45) is 0 Å². The van der Waals surface area contributed by atoms with E-state index >= 15 is 0 Å². The van der Waals surface area contributed by atoms with Crippen LogP contribution in [0.15, 0.2) is 12.2 Å². The molecule has 0 amide bonds. The molecule has 0 aromatic rings. The van der Waals surface area contributed by atoms with Gasteiger partial charge in [-0.1, -0.05) is 18.9 Å². The van der Waals surface area contributed by atoms with Gasteiger partial charge in [0.25, 0.3) is 0 Å². The summed E-state index contributed by atoms with van der Waals surface area (Å²) in [5, 5.41) is 0. The lowest BCUT2D eigenvalue weighted by atomic mass is 10.0. The van der Waals surface area contributed by atoms with Crippen LogP contribution in [0, 0.1) is 6.92 Å². The van der Waals surface area contributed by atoms with Gasteiger partial charge in [0.1, 0.15) is 0 Å². The summed E-state index contributed by atoms with van der Waals surface area (Å²) in [6.07, 6.45) is 2.91. The third-order valence-electron chi connectivity index (χ3n) is 1.80. The normalized spacial score (nSPS) is 11.7. The van der Waals surface area contributed by atoms with Crippen LogP contribution in [0.4, 0.5) is 0 Å². The smallest absolute Gasteiger partial charge is 0.0626 e. The molecule has 0 fully saturated rings. The maximum absolute atomic E-state index is 5.68. The van der Waals surface area contributed by atoms with Crippen LogP contribution in [-0.4, -0.2) is 12.2 Å². The Labute approximate surface area is 76.8 Å². The van der Waals surface area contributed by atoms with E-state index in [0.717, 1.165) is 25.9 Å². The summed E-state index contributed by atoms with van der Waals surface area (Å²) in [4.78, 5) is 0. The molecular formula is C11H21O. The molecule has 0 N–H and O–H groups in total. The number of ether oxygens (including phenoxy) is 1. The van der Waals surface area contributed by atoms with Crippen molar-refractivity contribution in [3.63, 3.8) is 0 Å². The second-order valence-electron chi connectivity index (χ2n) is 3.92. The Bertz CT molecular complexity index is 136. The lowest BCUT2D eigenvalue weighted by Crippen LogP contribution is -2.24. The van der Waals surface area contributed by atoms with Gasteiger partial charge in [0.2, 0.25) is 0 Å². The fourth-order valence-corrected chi connectivity index (χ4v) is 0.999. The average Bonchev–Trinajstić information content (AvgIpc) is 1.85. The van der Waals surface area contributed by atoms with Crippen LogP contribution >= 0.6 is 0 Å². The standard InChI is InChI=1S/C11H21O/c1-6-8-11(4,5)12-9-7-10(2)3/h1-2,6-9H2,3-5H3. The van der Waals surface area contributed by atoms with E-state index in [1.807, 2.05) is 6.92 Å². The molecule has 0 rings (SSSR count). The SMILES string of the molecule is [CH2]CCC(C)(C)OCCC(=C)C. The van der Waals surface area contributed by atoms with Crippen molar-refractivity contribution in [3.8, 4) is 0 Å². The summed E-state index contributed by atoms with van der Waals surface area (Å²) >= 11 is 0. The molecule has 0 aliphatic carbocycles. The highest BCUT2D eigenvalue weighted by atomic mass is 16.5. The predicted octanol–water partition coefficient (Wildman–Crippen LogP) is 3.36. The minimum Gasteiger partial charge on any atom is -0.375 e. The zero-order chi connectivity index (χ0) is 9.61. The van der Waals surface area contributed by atoms with Gasteiger partial charge in [-0.05, 0) is 33.6 Å². The van der Waals surface area contributed by atoms with E-state index in [2.05, 4.69) is 27.4 Å². The predicted molar refractivity (Wildman–Crippen MR) is 54.1 cm³/mol. The van der Waals surface area contributed by atoms with Crippen molar-refractivity contribution in [2.75, 3.05) is 6.61 Å². The molecule has 1 radical (unpaired) electrons. The van der Waals surface area contributed by atoms with Gasteiger partial charge < -0.3 is 4.74 Å². The molecule has 0 saturated carbocycles. The van der Waals surface area contributed by atoms with Crippen molar-refractivity contribution >= 4 is 0 Å². The van der Waals surface area contributed by atoms with E-state index in [-0.39, 0.29) is 5.60 Å². The molecule has 0 heterocycles. The van der Waals surface area contributed by atoms with E-state index in [0.29, 0.717) is 0 Å². The van der Waals surface area contributed by atoms with Crippen LogP contribution < -0.4 is 0 Å². The number of rotatable bonds is 6. The van der Waals surface area contributed by atoms with Crippen molar-refractivity contribution < 1.29 is 4.74 Å². The molecule has 1 heteroatoms. The first-order valence-electron chi connectivity index (χ1n) is 4.55. The monoisotopic (exact) mass is 169 g/mol. The van der Waals surface area contributed by atoms with Gasteiger partial charge in [-0.15, -0.1) is 6.58 Å². The van der Waals surface area contributed by atoms with Crippen LogP contribution in [-0.2, 0) is 4.74 Å². The van der Waals surface area contributed by atoms with Gasteiger partial charge in [0, 0.05) is 0 Å². The summed E-state index contributed by atoms with van der Waals surface area (Å²) in [5.74, 6) is 0. The molecule has 0 aliphatic heterocycles. The van der Waals surface area contributed by atoms with E-state index in [1.54, 1.807) is 0 Å². The highest BCUT2D eigenvalue weighted by molar-refractivity contribution is 4.87. The Morgan fingerprint density at radius 2 is 2.00 bits per heavy atom. The topological polar surface area (TPSA) is 9.23 Å². The average molecular weight is 169 g/mol. The minimum absolute atomic E-state index is 0.0167. The van der Waals surface area contributed by atoms with Gasteiger partial charge in [-0.25, -0.2) is 0 Å². The number of hydrogen-bond acceptors (Lipinski definition) is 1. The van der Waals surface area contributed by atoms with Crippen LogP contribution in [0.1, 0.15) is 40.0 Å². The molecule has 0 saturated heterocycles. The molecule has 0 aromatic carbocycles. The molecule has 0 spiro atoms. The minimum atomic E-state index is -0.0167. The second-order valence-corrected chi connectivity index (χ2v) is 3.92. The third kappa shape index (κ3) is 6.41. The lowest BCUT2D eigenvalue weighted by molar-refractivity contribution is -0.0210. The van der Waals surface area contributed by atoms with E-state index in [9.17, 15) is 0 Å². The van der Waals surface area contributed by atoms with Crippen molar-refractivity contribution in [1.29, 1.82) is 0 Å². The highest BCUT2D eigenvalue weighted by Crippen LogP contribution is 2.16. The highest BCUT2D eigenvalue weighted by Gasteiger charge is 2.15. The third-order valence-corrected chi connectivity index (χ3v) is 1.80. The molecule has 0 atom stereocenters. The van der Waals surface area contributed by atoms with E-state index in [4.69, 9.17) is 4.74 Å². The Morgan fingerprint density at radius 3 is 2.42 bits per heavy atom. The molecule has 0 aromatic heterocycles. The molecule has 1 nitrogen and oxygen atoms in total. The summed E-state index contributed by atoms with van der Waals surface area (Å²) < 4.78 is 5.68. The van der Waals surface area contributed by atoms with E-state index < -0.39 is 0 Å². The lowest BCUT2D eigenvalue weighted by Gasteiger charge is -2.24. The van der Waals surface area contributed by atoms with Gasteiger partial charge in [0.05, 0.1) is 12.2 Å². The van der Waals surface area contributed by atoms with E-state index in [1.165, 1.54) is 5.57 Å². The Morgan fingerprint density at radius 1 is 1.42 bits per heavy atom. The van der Waals surface area contributed by atoms with Crippen molar-refractivity contribution in [3.05, 3.63) is 19.1 Å². The van der Waals surface area contributed by atoms with Crippen molar-refractivity contribution in [1.82, 2.24) is 0 Å². The molecule has 0 aliphatic rings. The Kier molecular flexibility index (Phi) is 5.23. The Balaban J connectivity index is 3.53. The molecule has 12 heavy (non-hydrogen) atoms. The van der Waals surface area contributed by atoms with Gasteiger partial charge in [-0.2, -0.15) is 0 Å². The summed E-state index contributed by atoms with van der Waals surface area (Å²) in [7, 11) is 0. The van der Waals surface area contributed by atoms with Gasteiger partial charge >= 0.3 is 0 Å². The van der Waals surface area contributed by atoms with Crippen LogP contribution in [0.5, 0.6) is 0 Å². The molecule has 71 valence electrons. The first-order valence-corrected chi connectivity index (χ1v) is 4.55. The molecule has 0 unspecified atom stereocenters. The summed E-state index contributed by atoms with van der Waals surface area (Å²) in [5.41, 5.74) is 1.16. The van der Waals surface area contributed by atoms with Crippen LogP contribution in [0.2, 0.25) is 0 Å². The fraction of sp³-hybridized carbons (Fsp3) is 0.727. The summed E-state index contributed by atoms with van der Waals surface area (Å²) in [6.45, 7) is 14.7. The van der Waals surface area contributed by atoms with Crippen LogP contribution in [0.3, 0.4) is 0 Å². The first kappa shape index (κ1) is 11.7. The maximum atomic E-state index is 5.68. The number of hydrogen-bond donors (Lipinski definition) is 0. The van der Waals surface area contributed by atoms with Crippen molar-refractivity contribution in [2.45, 2.75) is 45.6 Å². The Hall–Kier alpha value is -0.300. The van der Waals surface area contributed by atoms with Gasteiger partial charge in [-0.3, -0.25) is 0 Å².